The average molecular weight is 268 g/mol. The summed E-state index contributed by atoms with van der Waals surface area (Å²) in [7, 11) is 0. The number of likely N-dealkylation sites (tertiary alicyclic amines) is 1. The highest BCUT2D eigenvalue weighted by Gasteiger charge is 2.33. The number of nitriles is 1. The molecule has 0 aromatic rings. The van der Waals surface area contributed by atoms with Crippen LogP contribution in [0.25, 0.3) is 0 Å². The first-order valence-electron chi connectivity index (χ1n) is 7.45. The summed E-state index contributed by atoms with van der Waals surface area (Å²) < 4.78 is -0.0857. The van der Waals surface area contributed by atoms with Crippen molar-refractivity contribution in [3.8, 4) is 6.07 Å². The largest absolute Gasteiger partial charge is 0.303 e. The van der Waals surface area contributed by atoms with Gasteiger partial charge in [0.25, 0.3) is 0 Å². The van der Waals surface area contributed by atoms with E-state index >= 15 is 0 Å². The molecule has 0 N–H and O–H groups in total. The number of rotatable bonds is 8. The zero-order chi connectivity index (χ0) is 13.3. The summed E-state index contributed by atoms with van der Waals surface area (Å²) in [5, 5.41) is 9.23. The summed E-state index contributed by atoms with van der Waals surface area (Å²) >= 11 is 1.74. The lowest BCUT2D eigenvalue weighted by atomic mass is 9.97. The third-order valence-electron chi connectivity index (χ3n) is 4.09. The van der Waals surface area contributed by atoms with Gasteiger partial charge < -0.3 is 4.90 Å². The predicted octanol–water partition coefficient (Wildman–Crippen LogP) is 4.07. The van der Waals surface area contributed by atoms with Gasteiger partial charge in [0.1, 0.15) is 4.75 Å². The molecule has 1 aliphatic rings. The highest BCUT2D eigenvalue weighted by Crippen LogP contribution is 2.33. The van der Waals surface area contributed by atoms with Gasteiger partial charge in [-0.1, -0.05) is 39.0 Å². The molecule has 0 aromatic carbocycles. The lowest BCUT2D eigenvalue weighted by Crippen LogP contribution is -2.41. The first-order chi connectivity index (χ1) is 8.76. The molecule has 1 fully saturated rings. The number of nitrogens with zero attached hydrogens (tertiary/aromatic N) is 2. The van der Waals surface area contributed by atoms with Gasteiger partial charge in [-0.25, -0.2) is 0 Å². The minimum Gasteiger partial charge on any atom is -0.303 e. The summed E-state index contributed by atoms with van der Waals surface area (Å²) in [5.41, 5.74) is 0. The van der Waals surface area contributed by atoms with E-state index in [9.17, 15) is 5.26 Å². The quantitative estimate of drug-likeness (QED) is 0.621. The topological polar surface area (TPSA) is 27.0 Å². The van der Waals surface area contributed by atoms with Gasteiger partial charge in [0.15, 0.2) is 0 Å². The van der Waals surface area contributed by atoms with Crippen LogP contribution < -0.4 is 0 Å². The second-order valence-corrected chi connectivity index (χ2v) is 6.61. The molecule has 0 unspecified atom stereocenters. The second kappa shape index (κ2) is 8.82. The van der Waals surface area contributed by atoms with E-state index in [1.54, 1.807) is 11.8 Å². The molecule has 0 radical (unpaired) electrons. The van der Waals surface area contributed by atoms with E-state index in [-0.39, 0.29) is 4.75 Å². The molecule has 0 aromatic heterocycles. The Morgan fingerprint density at radius 1 is 1.11 bits per heavy atom. The predicted molar refractivity (Wildman–Crippen MR) is 80.9 cm³/mol. The Labute approximate surface area is 117 Å². The molecule has 3 heteroatoms. The molecule has 1 saturated heterocycles. The maximum atomic E-state index is 9.23. The van der Waals surface area contributed by atoms with Gasteiger partial charge >= 0.3 is 0 Å². The first-order valence-corrected chi connectivity index (χ1v) is 8.67. The Morgan fingerprint density at radius 2 is 1.72 bits per heavy atom. The maximum Gasteiger partial charge on any atom is 0.104 e. The molecule has 0 spiro atoms. The number of unbranched alkanes of at least 4 members (excludes halogenated alkanes) is 5. The lowest BCUT2D eigenvalue weighted by Gasteiger charge is -2.36. The fourth-order valence-corrected chi connectivity index (χ4v) is 3.30. The van der Waals surface area contributed by atoms with Crippen LogP contribution in [0.5, 0.6) is 0 Å². The minimum atomic E-state index is -0.0857. The molecule has 0 aliphatic carbocycles. The standard InChI is InChI=1S/C15H28N2S/c1-3-4-5-6-7-8-11-17-12-9-15(14-16,18-2)10-13-17/h3-13H2,1-2H3. The van der Waals surface area contributed by atoms with Crippen LogP contribution >= 0.6 is 11.8 Å². The third-order valence-corrected chi connectivity index (χ3v) is 5.37. The van der Waals surface area contributed by atoms with Crippen molar-refractivity contribution in [3.05, 3.63) is 0 Å². The van der Waals surface area contributed by atoms with Crippen LogP contribution in [0.15, 0.2) is 0 Å². The van der Waals surface area contributed by atoms with E-state index < -0.39 is 0 Å². The Balaban J connectivity index is 2.07. The molecule has 0 amide bonds. The normalized spacial score (nSPS) is 19.6. The van der Waals surface area contributed by atoms with Gasteiger partial charge in [0.2, 0.25) is 0 Å². The van der Waals surface area contributed by atoms with E-state index in [2.05, 4.69) is 24.1 Å². The van der Waals surface area contributed by atoms with E-state index in [0.717, 1.165) is 25.9 Å². The fraction of sp³-hybridized carbons (Fsp3) is 0.933. The summed E-state index contributed by atoms with van der Waals surface area (Å²) in [6.07, 6.45) is 12.4. The zero-order valence-electron chi connectivity index (χ0n) is 12.1. The van der Waals surface area contributed by atoms with Crippen LogP contribution in [0.2, 0.25) is 0 Å². The van der Waals surface area contributed by atoms with E-state index in [1.165, 1.54) is 45.1 Å². The summed E-state index contributed by atoms with van der Waals surface area (Å²) in [4.78, 5) is 2.55. The second-order valence-electron chi connectivity index (χ2n) is 5.42. The zero-order valence-corrected chi connectivity index (χ0v) is 12.9. The summed E-state index contributed by atoms with van der Waals surface area (Å²) in [6, 6.07) is 2.51. The Hall–Kier alpha value is -0.200. The molecule has 104 valence electrons. The van der Waals surface area contributed by atoms with Crippen LogP contribution in [0.3, 0.4) is 0 Å². The van der Waals surface area contributed by atoms with Crippen molar-refractivity contribution in [2.45, 2.75) is 63.0 Å². The summed E-state index contributed by atoms with van der Waals surface area (Å²) in [6.45, 7) is 5.73. The Kier molecular flexibility index (Phi) is 7.77. The van der Waals surface area contributed by atoms with Crippen LogP contribution in [0.1, 0.15) is 58.3 Å². The molecular weight excluding hydrogens is 240 g/mol. The molecule has 18 heavy (non-hydrogen) atoms. The van der Waals surface area contributed by atoms with Crippen molar-refractivity contribution in [1.29, 1.82) is 5.26 Å². The van der Waals surface area contributed by atoms with E-state index in [0.29, 0.717) is 0 Å². The van der Waals surface area contributed by atoms with Crippen molar-refractivity contribution in [1.82, 2.24) is 4.90 Å². The van der Waals surface area contributed by atoms with Crippen molar-refractivity contribution < 1.29 is 0 Å². The maximum absolute atomic E-state index is 9.23. The third kappa shape index (κ3) is 5.20. The molecule has 2 nitrogen and oxygen atoms in total. The minimum absolute atomic E-state index is 0.0857. The molecule has 1 rings (SSSR count). The highest BCUT2D eigenvalue weighted by atomic mass is 32.2. The molecule has 0 saturated carbocycles. The lowest BCUT2D eigenvalue weighted by molar-refractivity contribution is 0.213. The van der Waals surface area contributed by atoms with Crippen molar-refractivity contribution in [3.63, 3.8) is 0 Å². The van der Waals surface area contributed by atoms with E-state index in [4.69, 9.17) is 0 Å². The summed E-state index contributed by atoms with van der Waals surface area (Å²) in [5.74, 6) is 0. The molecule has 0 bridgehead atoms. The monoisotopic (exact) mass is 268 g/mol. The van der Waals surface area contributed by atoms with Crippen LogP contribution in [-0.2, 0) is 0 Å². The van der Waals surface area contributed by atoms with Crippen LogP contribution in [-0.4, -0.2) is 35.5 Å². The van der Waals surface area contributed by atoms with Gasteiger partial charge in [-0.15, -0.1) is 11.8 Å². The Morgan fingerprint density at radius 3 is 2.28 bits per heavy atom. The number of piperidine rings is 1. The smallest absolute Gasteiger partial charge is 0.104 e. The number of thioether (sulfide) groups is 1. The first kappa shape index (κ1) is 15.9. The molecule has 0 atom stereocenters. The molecular formula is C15H28N2S. The highest BCUT2D eigenvalue weighted by molar-refractivity contribution is 8.00. The number of hydrogen-bond acceptors (Lipinski definition) is 3. The van der Waals surface area contributed by atoms with Crippen molar-refractivity contribution in [2.75, 3.05) is 25.9 Å². The van der Waals surface area contributed by atoms with Crippen LogP contribution in [0.4, 0.5) is 0 Å². The molecule has 1 aliphatic heterocycles. The SMILES string of the molecule is CCCCCCCCN1CCC(C#N)(SC)CC1. The molecule has 1 heterocycles. The van der Waals surface area contributed by atoms with Gasteiger partial charge in [0.05, 0.1) is 6.07 Å². The van der Waals surface area contributed by atoms with Crippen LogP contribution in [0, 0.1) is 11.3 Å². The van der Waals surface area contributed by atoms with Gasteiger partial charge in [0, 0.05) is 13.1 Å². The van der Waals surface area contributed by atoms with Gasteiger partial charge in [-0.3, -0.25) is 0 Å². The van der Waals surface area contributed by atoms with Gasteiger partial charge in [-0.05, 0) is 32.1 Å². The Bertz CT molecular complexity index is 252. The van der Waals surface area contributed by atoms with Crippen molar-refractivity contribution in [2.24, 2.45) is 0 Å². The van der Waals surface area contributed by atoms with Crippen molar-refractivity contribution >= 4 is 11.8 Å². The number of hydrogen-bond donors (Lipinski definition) is 0. The fourth-order valence-electron chi connectivity index (χ4n) is 2.62. The average Bonchev–Trinajstić information content (AvgIpc) is 2.43. The van der Waals surface area contributed by atoms with Gasteiger partial charge in [-0.2, -0.15) is 5.26 Å². The van der Waals surface area contributed by atoms with E-state index in [1.807, 2.05) is 0 Å².